The summed E-state index contributed by atoms with van der Waals surface area (Å²) in [6.45, 7) is 1.74. The molecule has 1 amide bonds. The number of rotatable bonds is 3. The molecule has 2 N–H and O–H groups in total. The first-order valence-corrected chi connectivity index (χ1v) is 7.11. The molecule has 0 bridgehead atoms. The van der Waals surface area contributed by atoms with Gasteiger partial charge in [-0.3, -0.25) is 4.79 Å². The molecule has 23 heavy (non-hydrogen) atoms. The number of fused-ring (bicyclic) bond motifs is 1. The standard InChI is InChI=1S/C17H15NO5/c1-10-15(23-14-8-3-2-7-13(14)22-10)16(19)18-12-6-4-5-11(9-12)17(20)21/h2-10,15H,1H3,(H,18,19)(H,20,21)/t10-,15-/m1/s1. The summed E-state index contributed by atoms with van der Waals surface area (Å²) in [6.07, 6.45) is -1.29. The van der Waals surface area contributed by atoms with Crippen molar-refractivity contribution in [2.75, 3.05) is 5.32 Å². The van der Waals surface area contributed by atoms with Gasteiger partial charge in [-0.1, -0.05) is 18.2 Å². The predicted octanol–water partition coefficient (Wildman–Crippen LogP) is 2.55. The quantitative estimate of drug-likeness (QED) is 0.909. The highest BCUT2D eigenvalue weighted by molar-refractivity contribution is 5.96. The fourth-order valence-corrected chi connectivity index (χ4v) is 2.35. The Kier molecular flexibility index (Phi) is 3.89. The highest BCUT2D eigenvalue weighted by Gasteiger charge is 2.34. The Morgan fingerprint density at radius 3 is 2.43 bits per heavy atom. The Bertz CT molecular complexity index is 758. The number of carboxylic acid groups (broad SMARTS) is 1. The minimum atomic E-state index is -1.05. The van der Waals surface area contributed by atoms with Gasteiger partial charge in [-0.25, -0.2) is 4.79 Å². The zero-order valence-corrected chi connectivity index (χ0v) is 12.4. The number of hydrogen-bond donors (Lipinski definition) is 2. The smallest absolute Gasteiger partial charge is 0.335 e. The van der Waals surface area contributed by atoms with Crippen LogP contribution in [0.25, 0.3) is 0 Å². The Hall–Kier alpha value is -3.02. The van der Waals surface area contributed by atoms with E-state index in [0.29, 0.717) is 17.2 Å². The first-order chi connectivity index (χ1) is 11.0. The van der Waals surface area contributed by atoms with E-state index in [1.54, 1.807) is 37.3 Å². The van der Waals surface area contributed by atoms with Crippen LogP contribution in [0.5, 0.6) is 11.5 Å². The summed E-state index contributed by atoms with van der Waals surface area (Å²) < 4.78 is 11.4. The highest BCUT2D eigenvalue weighted by atomic mass is 16.6. The van der Waals surface area contributed by atoms with E-state index >= 15 is 0 Å². The third-order valence-electron chi connectivity index (χ3n) is 3.48. The lowest BCUT2D eigenvalue weighted by molar-refractivity contribution is -0.128. The van der Waals surface area contributed by atoms with Gasteiger partial charge in [0.2, 0.25) is 6.10 Å². The van der Waals surface area contributed by atoms with Crippen LogP contribution in [0.3, 0.4) is 0 Å². The van der Waals surface area contributed by atoms with Crippen molar-refractivity contribution in [2.24, 2.45) is 0 Å². The van der Waals surface area contributed by atoms with E-state index in [0.717, 1.165) is 0 Å². The predicted molar refractivity (Wildman–Crippen MR) is 83.0 cm³/mol. The largest absolute Gasteiger partial charge is 0.482 e. The number of carboxylic acids is 1. The summed E-state index contributed by atoms with van der Waals surface area (Å²) in [7, 11) is 0. The van der Waals surface area contributed by atoms with E-state index in [1.165, 1.54) is 12.1 Å². The number of hydrogen-bond acceptors (Lipinski definition) is 4. The van der Waals surface area contributed by atoms with Crippen molar-refractivity contribution < 1.29 is 24.2 Å². The fourth-order valence-electron chi connectivity index (χ4n) is 2.35. The Morgan fingerprint density at radius 1 is 1.04 bits per heavy atom. The number of carbonyl (C=O) groups excluding carboxylic acids is 1. The molecule has 0 unspecified atom stereocenters. The normalized spacial score (nSPS) is 19.0. The maximum absolute atomic E-state index is 12.4. The molecule has 1 heterocycles. The van der Waals surface area contributed by atoms with Crippen LogP contribution in [0.1, 0.15) is 17.3 Å². The van der Waals surface area contributed by atoms with Crippen LogP contribution in [-0.2, 0) is 4.79 Å². The summed E-state index contributed by atoms with van der Waals surface area (Å²) in [5, 5.41) is 11.6. The first-order valence-electron chi connectivity index (χ1n) is 7.11. The second-order valence-corrected chi connectivity index (χ2v) is 5.18. The summed E-state index contributed by atoms with van der Waals surface area (Å²) in [5.74, 6) is -0.350. The zero-order valence-electron chi connectivity index (χ0n) is 12.4. The van der Waals surface area contributed by atoms with Crippen molar-refractivity contribution >= 4 is 17.6 Å². The number of ether oxygens (including phenoxy) is 2. The van der Waals surface area contributed by atoms with Crippen LogP contribution in [-0.4, -0.2) is 29.2 Å². The number of nitrogens with one attached hydrogen (secondary N) is 1. The Labute approximate surface area is 132 Å². The van der Waals surface area contributed by atoms with Crippen molar-refractivity contribution in [1.82, 2.24) is 0 Å². The van der Waals surface area contributed by atoms with E-state index in [2.05, 4.69) is 5.32 Å². The van der Waals surface area contributed by atoms with Gasteiger partial charge in [0, 0.05) is 5.69 Å². The lowest BCUT2D eigenvalue weighted by atomic mass is 10.1. The summed E-state index contributed by atoms with van der Waals surface area (Å²) in [5.41, 5.74) is 0.492. The molecule has 6 heteroatoms. The molecule has 0 fully saturated rings. The monoisotopic (exact) mass is 313 g/mol. The van der Waals surface area contributed by atoms with Crippen LogP contribution >= 0.6 is 0 Å². The van der Waals surface area contributed by atoms with Crippen molar-refractivity contribution in [3.05, 3.63) is 54.1 Å². The van der Waals surface area contributed by atoms with Gasteiger partial charge in [0.15, 0.2) is 11.5 Å². The van der Waals surface area contributed by atoms with Crippen LogP contribution in [0.15, 0.2) is 48.5 Å². The molecular weight excluding hydrogens is 298 g/mol. The molecule has 0 spiro atoms. The number of amides is 1. The topological polar surface area (TPSA) is 84.9 Å². The highest BCUT2D eigenvalue weighted by Crippen LogP contribution is 2.33. The van der Waals surface area contributed by atoms with Gasteiger partial charge in [-0.2, -0.15) is 0 Å². The van der Waals surface area contributed by atoms with Crippen molar-refractivity contribution in [3.8, 4) is 11.5 Å². The minimum Gasteiger partial charge on any atom is -0.482 e. The van der Waals surface area contributed by atoms with E-state index < -0.39 is 24.1 Å². The van der Waals surface area contributed by atoms with Gasteiger partial charge in [0.25, 0.3) is 5.91 Å². The molecule has 1 aliphatic rings. The van der Waals surface area contributed by atoms with Crippen molar-refractivity contribution in [3.63, 3.8) is 0 Å². The Balaban J connectivity index is 1.76. The third-order valence-corrected chi connectivity index (χ3v) is 3.48. The van der Waals surface area contributed by atoms with E-state index in [4.69, 9.17) is 14.6 Å². The molecule has 2 aromatic rings. The van der Waals surface area contributed by atoms with E-state index in [1.807, 2.05) is 6.07 Å². The average molecular weight is 313 g/mol. The zero-order chi connectivity index (χ0) is 16.4. The lowest BCUT2D eigenvalue weighted by Gasteiger charge is -2.31. The Morgan fingerprint density at radius 2 is 1.74 bits per heavy atom. The van der Waals surface area contributed by atoms with Crippen LogP contribution < -0.4 is 14.8 Å². The van der Waals surface area contributed by atoms with Crippen LogP contribution in [0.2, 0.25) is 0 Å². The first kappa shape index (κ1) is 14.9. The average Bonchev–Trinajstić information content (AvgIpc) is 2.54. The van der Waals surface area contributed by atoms with Crippen LogP contribution in [0.4, 0.5) is 5.69 Å². The maximum atomic E-state index is 12.4. The van der Waals surface area contributed by atoms with Crippen LogP contribution in [0, 0.1) is 0 Å². The number of anilines is 1. The van der Waals surface area contributed by atoms with Gasteiger partial charge < -0.3 is 19.9 Å². The van der Waals surface area contributed by atoms with E-state index in [-0.39, 0.29) is 5.56 Å². The molecule has 0 saturated carbocycles. The summed E-state index contributed by atoms with van der Waals surface area (Å²) in [4.78, 5) is 23.4. The van der Waals surface area contributed by atoms with Crippen molar-refractivity contribution in [1.29, 1.82) is 0 Å². The fraction of sp³-hybridized carbons (Fsp3) is 0.176. The summed E-state index contributed by atoms with van der Waals surface area (Å²) in [6, 6.07) is 13.2. The van der Waals surface area contributed by atoms with E-state index in [9.17, 15) is 9.59 Å². The molecule has 1 aliphatic heterocycles. The number of carbonyl (C=O) groups is 2. The van der Waals surface area contributed by atoms with Gasteiger partial charge in [-0.15, -0.1) is 0 Å². The second kappa shape index (κ2) is 6.00. The third kappa shape index (κ3) is 3.11. The molecule has 0 radical (unpaired) electrons. The minimum absolute atomic E-state index is 0.0991. The lowest BCUT2D eigenvalue weighted by Crippen LogP contribution is -2.46. The number of benzene rings is 2. The molecule has 3 rings (SSSR count). The van der Waals surface area contributed by atoms with Gasteiger partial charge >= 0.3 is 5.97 Å². The maximum Gasteiger partial charge on any atom is 0.335 e. The molecule has 2 atom stereocenters. The van der Waals surface area contributed by atoms with Crippen molar-refractivity contribution in [2.45, 2.75) is 19.1 Å². The molecule has 0 aliphatic carbocycles. The van der Waals surface area contributed by atoms with Gasteiger partial charge in [0.1, 0.15) is 6.10 Å². The number of aromatic carboxylic acids is 1. The molecule has 2 aromatic carbocycles. The molecule has 118 valence electrons. The molecule has 6 nitrogen and oxygen atoms in total. The molecule has 0 saturated heterocycles. The molecule has 0 aromatic heterocycles. The van der Waals surface area contributed by atoms with Gasteiger partial charge in [-0.05, 0) is 37.3 Å². The molecular formula is C17H15NO5. The number of para-hydroxylation sites is 2. The summed E-state index contributed by atoms with van der Waals surface area (Å²) >= 11 is 0. The van der Waals surface area contributed by atoms with Gasteiger partial charge in [0.05, 0.1) is 5.56 Å². The second-order valence-electron chi connectivity index (χ2n) is 5.18. The SMILES string of the molecule is C[C@H]1Oc2ccccc2O[C@H]1C(=O)Nc1cccc(C(=O)O)c1.